The molecule has 3 rings (SSSR count). The molecule has 1 heterocycles. The third-order valence-electron chi connectivity index (χ3n) is 6.27. The number of ketones is 1. The lowest BCUT2D eigenvalue weighted by Gasteiger charge is -2.33. The molecule has 6 nitrogen and oxygen atoms in total. The number of carbonyl (C=O) groups is 3. The Hall–Kier alpha value is -3.43. The average Bonchev–Trinajstić information content (AvgIpc) is 2.85. The van der Waals surface area contributed by atoms with Crippen LogP contribution in [0.25, 0.3) is 0 Å². The number of hydrogen-bond donors (Lipinski definition) is 1. The highest BCUT2D eigenvalue weighted by Crippen LogP contribution is 2.27. The maximum atomic E-state index is 15.0. The Labute approximate surface area is 213 Å². The van der Waals surface area contributed by atoms with Crippen LogP contribution in [-0.2, 0) is 16.8 Å². The van der Waals surface area contributed by atoms with Crippen LogP contribution in [0.15, 0.2) is 42.5 Å². The van der Waals surface area contributed by atoms with Gasteiger partial charge in [-0.05, 0) is 48.4 Å². The van der Waals surface area contributed by atoms with Crippen LogP contribution in [0.1, 0.15) is 61.5 Å². The van der Waals surface area contributed by atoms with Gasteiger partial charge < -0.3 is 10.2 Å². The minimum Gasteiger partial charge on any atom is -0.341 e. The summed E-state index contributed by atoms with van der Waals surface area (Å²) in [6.45, 7) is 6.42. The Balaban J connectivity index is 1.82. The van der Waals surface area contributed by atoms with E-state index in [1.54, 1.807) is 4.90 Å². The second-order valence-corrected chi connectivity index (χ2v) is 10.1. The summed E-state index contributed by atoms with van der Waals surface area (Å²) in [6.07, 6.45) is -2.31. The highest BCUT2D eigenvalue weighted by Gasteiger charge is 2.38. The molecule has 37 heavy (non-hydrogen) atoms. The predicted octanol–water partition coefficient (Wildman–Crippen LogP) is 5.60. The summed E-state index contributed by atoms with van der Waals surface area (Å²) < 4.78 is 52.1. The van der Waals surface area contributed by atoms with E-state index in [-0.39, 0.29) is 29.1 Å². The monoisotopic (exact) mass is 521 g/mol. The van der Waals surface area contributed by atoms with Crippen LogP contribution in [0.4, 0.5) is 28.0 Å². The number of carbonyl (C=O) groups excluding carboxylic acids is 3. The van der Waals surface area contributed by atoms with Gasteiger partial charge in [-0.15, -0.1) is 0 Å². The lowest BCUT2D eigenvalue weighted by atomic mass is 9.87. The van der Waals surface area contributed by atoms with Crippen molar-refractivity contribution in [2.75, 3.05) is 24.5 Å². The molecule has 1 fully saturated rings. The molecule has 1 aliphatic heterocycles. The number of urea groups is 1. The van der Waals surface area contributed by atoms with Gasteiger partial charge in [-0.1, -0.05) is 45.0 Å². The number of nitrogens with one attached hydrogen (secondary N) is 1. The van der Waals surface area contributed by atoms with Crippen molar-refractivity contribution in [2.24, 2.45) is 0 Å². The first-order chi connectivity index (χ1) is 17.3. The van der Waals surface area contributed by atoms with E-state index >= 15 is 4.39 Å². The SMILES string of the molecule is CC(C)(C)c1ccc(N(Cc2ccc(C(=O)CNC(=O)C(F)(F)F)cc2F)C(=O)N2CCCCC2)cc1. The fraction of sp³-hybridized carbons (Fsp3) is 0.444. The first-order valence-electron chi connectivity index (χ1n) is 12.1. The zero-order valence-electron chi connectivity index (χ0n) is 21.1. The fourth-order valence-corrected chi connectivity index (χ4v) is 4.05. The Morgan fingerprint density at radius 3 is 2.11 bits per heavy atom. The van der Waals surface area contributed by atoms with Gasteiger partial charge >= 0.3 is 18.1 Å². The van der Waals surface area contributed by atoms with Crippen molar-refractivity contribution < 1.29 is 31.9 Å². The molecule has 0 saturated carbocycles. The highest BCUT2D eigenvalue weighted by molar-refractivity contribution is 6.00. The van der Waals surface area contributed by atoms with Gasteiger partial charge in [0.15, 0.2) is 5.78 Å². The molecule has 2 aromatic rings. The normalized spacial score (nSPS) is 14.3. The number of piperidine rings is 1. The first kappa shape index (κ1) is 28.1. The summed E-state index contributed by atoms with van der Waals surface area (Å²) in [4.78, 5) is 39.8. The van der Waals surface area contributed by atoms with Gasteiger partial charge in [-0.25, -0.2) is 9.18 Å². The number of benzene rings is 2. The molecule has 2 aromatic carbocycles. The van der Waals surface area contributed by atoms with Gasteiger partial charge in [-0.2, -0.15) is 13.2 Å². The Morgan fingerprint density at radius 1 is 0.946 bits per heavy atom. The van der Waals surface area contributed by atoms with Gasteiger partial charge in [0.2, 0.25) is 0 Å². The van der Waals surface area contributed by atoms with Crippen LogP contribution in [0.2, 0.25) is 0 Å². The Kier molecular flexibility index (Phi) is 8.60. The molecule has 10 heteroatoms. The fourth-order valence-electron chi connectivity index (χ4n) is 4.05. The summed E-state index contributed by atoms with van der Waals surface area (Å²) in [5, 5.41) is 1.48. The van der Waals surface area contributed by atoms with Crippen molar-refractivity contribution in [3.05, 3.63) is 65.0 Å². The Morgan fingerprint density at radius 2 is 1.57 bits per heavy atom. The number of amides is 3. The first-order valence-corrected chi connectivity index (χ1v) is 12.1. The molecular formula is C27H31F4N3O3. The molecule has 0 aromatic heterocycles. The smallest absolute Gasteiger partial charge is 0.341 e. The van der Waals surface area contributed by atoms with Gasteiger partial charge in [0.05, 0.1) is 13.1 Å². The number of likely N-dealkylation sites (tertiary alicyclic amines) is 1. The van der Waals surface area contributed by atoms with E-state index in [0.717, 1.165) is 30.9 Å². The standard InChI is InChI=1S/C27H31F4N3O3/c1-26(2,3)20-9-11-21(12-10-20)34(25(37)33-13-5-4-6-14-33)17-19-8-7-18(15-22(19)28)23(35)16-32-24(36)27(29,30)31/h7-12,15H,4-6,13-14,16-17H2,1-3H3,(H,32,36). The van der Waals surface area contributed by atoms with E-state index in [9.17, 15) is 27.6 Å². The number of anilines is 1. The number of rotatable bonds is 6. The quantitative estimate of drug-likeness (QED) is 0.398. The number of halogens is 4. The van der Waals surface area contributed by atoms with Crippen molar-refractivity contribution in [2.45, 2.75) is 58.2 Å². The molecule has 0 unspecified atom stereocenters. The molecule has 200 valence electrons. The summed E-state index contributed by atoms with van der Waals surface area (Å²) in [5.74, 6) is -3.90. The predicted molar refractivity (Wildman–Crippen MR) is 132 cm³/mol. The van der Waals surface area contributed by atoms with Gasteiger partial charge in [-0.3, -0.25) is 14.5 Å². The molecular weight excluding hydrogens is 490 g/mol. The topological polar surface area (TPSA) is 69.7 Å². The van der Waals surface area contributed by atoms with Crippen LogP contribution in [0, 0.1) is 5.82 Å². The lowest BCUT2D eigenvalue weighted by molar-refractivity contribution is -0.173. The van der Waals surface area contributed by atoms with Crippen LogP contribution in [0.3, 0.4) is 0 Å². The Bertz CT molecular complexity index is 1140. The second-order valence-electron chi connectivity index (χ2n) is 10.1. The van der Waals surface area contributed by atoms with E-state index < -0.39 is 30.2 Å². The molecule has 0 spiro atoms. The maximum absolute atomic E-state index is 15.0. The van der Waals surface area contributed by atoms with E-state index in [2.05, 4.69) is 20.8 Å². The molecule has 1 N–H and O–H groups in total. The van der Waals surface area contributed by atoms with Gasteiger partial charge in [0.1, 0.15) is 5.82 Å². The number of Topliss-reactive ketones (excluding diaryl/α,β-unsaturated/α-hetero) is 1. The van der Waals surface area contributed by atoms with E-state index in [4.69, 9.17) is 0 Å². The van der Waals surface area contributed by atoms with Crippen molar-refractivity contribution in [3.63, 3.8) is 0 Å². The minimum absolute atomic E-state index is 0.0890. The second kappa shape index (κ2) is 11.3. The maximum Gasteiger partial charge on any atom is 0.471 e. The van der Waals surface area contributed by atoms with Crippen molar-refractivity contribution in [3.8, 4) is 0 Å². The lowest BCUT2D eigenvalue weighted by Crippen LogP contribution is -2.45. The van der Waals surface area contributed by atoms with Crippen LogP contribution in [-0.4, -0.2) is 48.4 Å². The summed E-state index contributed by atoms with van der Waals surface area (Å²) in [7, 11) is 0. The summed E-state index contributed by atoms with van der Waals surface area (Å²) in [6, 6.07) is 10.8. The average molecular weight is 522 g/mol. The van der Waals surface area contributed by atoms with Crippen LogP contribution in [0.5, 0.6) is 0 Å². The van der Waals surface area contributed by atoms with Crippen molar-refractivity contribution in [1.29, 1.82) is 0 Å². The van der Waals surface area contributed by atoms with Gasteiger partial charge in [0.25, 0.3) is 0 Å². The van der Waals surface area contributed by atoms with Crippen LogP contribution < -0.4 is 10.2 Å². The third kappa shape index (κ3) is 7.30. The largest absolute Gasteiger partial charge is 0.471 e. The molecule has 0 radical (unpaired) electrons. The molecule has 3 amide bonds. The zero-order valence-corrected chi connectivity index (χ0v) is 21.1. The van der Waals surface area contributed by atoms with Crippen molar-refractivity contribution >= 4 is 23.4 Å². The van der Waals surface area contributed by atoms with Gasteiger partial charge in [0, 0.05) is 29.9 Å². The molecule has 0 atom stereocenters. The molecule has 1 saturated heterocycles. The van der Waals surface area contributed by atoms with E-state index in [0.29, 0.717) is 18.8 Å². The summed E-state index contributed by atoms with van der Waals surface area (Å²) in [5.41, 5.74) is 1.54. The van der Waals surface area contributed by atoms with Crippen molar-refractivity contribution in [1.82, 2.24) is 10.2 Å². The number of alkyl halides is 3. The number of hydrogen-bond acceptors (Lipinski definition) is 3. The molecule has 1 aliphatic rings. The van der Waals surface area contributed by atoms with Crippen LogP contribution >= 0.6 is 0 Å². The molecule has 0 aliphatic carbocycles. The highest BCUT2D eigenvalue weighted by atomic mass is 19.4. The third-order valence-corrected chi connectivity index (χ3v) is 6.27. The minimum atomic E-state index is -5.12. The molecule has 0 bridgehead atoms. The number of nitrogens with zero attached hydrogens (tertiary/aromatic N) is 2. The summed E-state index contributed by atoms with van der Waals surface area (Å²) >= 11 is 0. The van der Waals surface area contributed by atoms with E-state index in [1.165, 1.54) is 22.3 Å². The zero-order chi connectivity index (χ0) is 27.4. The van der Waals surface area contributed by atoms with E-state index in [1.807, 2.05) is 24.3 Å².